The van der Waals surface area contributed by atoms with Gasteiger partial charge in [0, 0.05) is 42.8 Å². The van der Waals surface area contributed by atoms with Crippen LogP contribution in [-0.4, -0.2) is 95.5 Å². The van der Waals surface area contributed by atoms with E-state index in [0.29, 0.717) is 37.2 Å². The van der Waals surface area contributed by atoms with Gasteiger partial charge in [-0.15, -0.1) is 0 Å². The Morgan fingerprint density at radius 1 is 0.962 bits per heavy atom. The van der Waals surface area contributed by atoms with Crippen molar-refractivity contribution >= 4 is 41.3 Å². The molecule has 2 aromatic carbocycles. The number of imide groups is 2. The lowest BCUT2D eigenvalue weighted by molar-refractivity contribution is -0.207. The van der Waals surface area contributed by atoms with Crippen LogP contribution in [0, 0.1) is 23.1 Å². The summed E-state index contributed by atoms with van der Waals surface area (Å²) in [6.45, 7) is 1.86. The molecule has 14 nitrogen and oxygen atoms in total. The fraction of sp³-hybridized carbons (Fsp3) is 0.526. The molecule has 9 rings (SSSR count). The quantitative estimate of drug-likeness (QED) is 0.187. The van der Waals surface area contributed by atoms with Crippen molar-refractivity contribution in [3.8, 4) is 0 Å². The lowest BCUT2D eigenvalue weighted by Crippen LogP contribution is -2.77. The van der Waals surface area contributed by atoms with Crippen molar-refractivity contribution < 1.29 is 42.6 Å². The molecule has 4 aliphatic carbocycles. The number of nitrogens with one attached hydrogen (secondary N) is 4. The minimum Gasteiger partial charge on any atom is -0.447 e. The number of amides is 6. The number of hydrogen-bond donors (Lipinski definition) is 4. The van der Waals surface area contributed by atoms with Crippen LogP contribution >= 0.6 is 0 Å². The Kier molecular flexibility index (Phi) is 7.89. The van der Waals surface area contributed by atoms with Crippen molar-refractivity contribution in [1.29, 1.82) is 0 Å². The van der Waals surface area contributed by atoms with E-state index in [1.54, 1.807) is 23.1 Å². The van der Waals surface area contributed by atoms with Gasteiger partial charge in [-0.25, -0.2) is 9.18 Å². The smallest absolute Gasteiger partial charge is 0.407 e. The summed E-state index contributed by atoms with van der Waals surface area (Å²) in [5, 5.41) is 12.2. The molecule has 0 radical (unpaired) electrons. The van der Waals surface area contributed by atoms with E-state index in [4.69, 9.17) is 9.47 Å². The second-order valence-corrected chi connectivity index (χ2v) is 15.8. The molecule has 6 atom stereocenters. The molecule has 7 aliphatic rings. The number of ether oxygens (including phenoxy) is 2. The van der Waals surface area contributed by atoms with Gasteiger partial charge < -0.3 is 30.3 Å². The van der Waals surface area contributed by atoms with Crippen molar-refractivity contribution in [2.45, 2.75) is 75.2 Å². The molecule has 5 fully saturated rings. The Morgan fingerprint density at radius 2 is 1.79 bits per heavy atom. The van der Waals surface area contributed by atoms with Crippen molar-refractivity contribution in [1.82, 2.24) is 25.8 Å². The van der Waals surface area contributed by atoms with Gasteiger partial charge in [-0.1, -0.05) is 12.1 Å². The summed E-state index contributed by atoms with van der Waals surface area (Å²) in [5.41, 5.74) is 2.18. The van der Waals surface area contributed by atoms with Gasteiger partial charge in [0.2, 0.25) is 17.7 Å². The first-order valence-electron chi connectivity index (χ1n) is 18.4. The highest BCUT2D eigenvalue weighted by molar-refractivity contribution is 6.25. The highest BCUT2D eigenvalue weighted by Gasteiger charge is 2.84. The highest BCUT2D eigenvalue weighted by Crippen LogP contribution is 2.83. The van der Waals surface area contributed by atoms with Gasteiger partial charge in [-0.3, -0.25) is 34.2 Å². The van der Waals surface area contributed by atoms with Crippen LogP contribution in [0.5, 0.6) is 0 Å². The van der Waals surface area contributed by atoms with Crippen LogP contribution in [0.3, 0.4) is 0 Å². The first-order chi connectivity index (χ1) is 25.5. The molecular weight excluding hydrogens is 687 g/mol. The summed E-state index contributed by atoms with van der Waals surface area (Å²) in [6, 6.07) is 8.50. The standard InChI is InChI=1S/C38H41FN6O8/c39-25-5-4-21-17-44(18-22(21)12-25)30(47)16-41-37-15-24-13-23-14-36(19-37,20-38(23,24)37)43-35(51)53-11-10-52-9-8-40-27-3-1-2-26-31(27)34(50)45(33(26)49)28-6-7-29(46)42-32(28)48/h1-5,12,23-24,28,40-41H,6-11,13-20H2,(H,43,51)(H,42,46,48). The number of fused-ring (bicyclic) bond motifs is 3. The van der Waals surface area contributed by atoms with E-state index in [1.807, 2.05) is 0 Å². The van der Waals surface area contributed by atoms with E-state index in [2.05, 4.69) is 21.3 Å². The Morgan fingerprint density at radius 3 is 2.62 bits per heavy atom. The molecule has 4 saturated carbocycles. The number of benzene rings is 2. The second kappa shape index (κ2) is 12.3. The predicted molar refractivity (Wildman–Crippen MR) is 184 cm³/mol. The largest absolute Gasteiger partial charge is 0.447 e. The Labute approximate surface area is 304 Å². The molecule has 0 aromatic heterocycles. The summed E-state index contributed by atoms with van der Waals surface area (Å²) >= 11 is 0. The second-order valence-electron chi connectivity index (χ2n) is 15.8. The number of carbonyl (C=O) groups excluding carboxylic acids is 6. The number of carbonyl (C=O) groups is 6. The van der Waals surface area contributed by atoms with Gasteiger partial charge in [-0.2, -0.15) is 0 Å². The molecule has 6 unspecified atom stereocenters. The van der Waals surface area contributed by atoms with E-state index >= 15 is 0 Å². The van der Waals surface area contributed by atoms with Crippen molar-refractivity contribution in [2.24, 2.45) is 17.3 Å². The van der Waals surface area contributed by atoms with Crippen LogP contribution in [0.15, 0.2) is 36.4 Å². The molecule has 1 saturated heterocycles. The van der Waals surface area contributed by atoms with Crippen LogP contribution in [0.25, 0.3) is 0 Å². The maximum absolute atomic E-state index is 13.7. The normalized spacial score (nSPS) is 31.4. The van der Waals surface area contributed by atoms with Crippen LogP contribution in [0.1, 0.15) is 76.8 Å². The molecule has 278 valence electrons. The zero-order chi connectivity index (χ0) is 36.7. The van der Waals surface area contributed by atoms with Gasteiger partial charge in [0.05, 0.1) is 30.9 Å². The maximum atomic E-state index is 13.7. The molecule has 3 heterocycles. The molecule has 4 N–H and O–H groups in total. The van der Waals surface area contributed by atoms with Gasteiger partial charge in [0.1, 0.15) is 18.5 Å². The third-order valence-corrected chi connectivity index (χ3v) is 13.1. The van der Waals surface area contributed by atoms with Crippen molar-refractivity contribution in [3.63, 3.8) is 0 Å². The first-order valence-corrected chi connectivity index (χ1v) is 18.4. The molecule has 53 heavy (non-hydrogen) atoms. The number of hydrogen-bond acceptors (Lipinski definition) is 10. The number of alkyl carbamates (subject to hydrolysis) is 1. The summed E-state index contributed by atoms with van der Waals surface area (Å²) in [4.78, 5) is 79.2. The SMILES string of the molecule is O=C1CCC(N2C(=O)c3cccc(NCCOCCOC(=O)NC45CC6CC7CC(NCC(=O)N8Cc9ccc(F)cc9C8)(C4)C67C5)c3C2=O)C(=O)N1. The summed E-state index contributed by atoms with van der Waals surface area (Å²) in [6.07, 6.45) is 4.33. The van der Waals surface area contributed by atoms with Crippen LogP contribution in [0.2, 0.25) is 0 Å². The monoisotopic (exact) mass is 728 g/mol. The fourth-order valence-corrected chi connectivity index (χ4v) is 11.0. The molecular formula is C38H41FN6O8. The fourth-order valence-electron chi connectivity index (χ4n) is 11.0. The zero-order valence-electron chi connectivity index (χ0n) is 29.1. The van der Waals surface area contributed by atoms with Gasteiger partial charge in [-0.05, 0) is 91.2 Å². The Bertz CT molecular complexity index is 1980. The van der Waals surface area contributed by atoms with Crippen LogP contribution in [-0.2, 0) is 36.9 Å². The molecule has 3 aliphatic heterocycles. The van der Waals surface area contributed by atoms with E-state index < -0.39 is 35.8 Å². The lowest BCUT2D eigenvalue weighted by atomic mass is 9.35. The van der Waals surface area contributed by atoms with E-state index in [0.717, 1.165) is 48.1 Å². The lowest BCUT2D eigenvalue weighted by Gasteiger charge is -2.73. The zero-order valence-corrected chi connectivity index (χ0v) is 29.1. The predicted octanol–water partition coefficient (Wildman–Crippen LogP) is 2.21. The first kappa shape index (κ1) is 33.9. The van der Waals surface area contributed by atoms with E-state index in [9.17, 15) is 33.2 Å². The van der Waals surface area contributed by atoms with Crippen LogP contribution in [0.4, 0.5) is 14.9 Å². The topological polar surface area (TPSA) is 175 Å². The van der Waals surface area contributed by atoms with Crippen LogP contribution < -0.4 is 21.3 Å². The minimum absolute atomic E-state index is 0.00112. The minimum atomic E-state index is -1.04. The summed E-state index contributed by atoms with van der Waals surface area (Å²) < 4.78 is 24.9. The maximum Gasteiger partial charge on any atom is 0.407 e. The molecule has 2 aromatic rings. The third kappa shape index (κ3) is 5.25. The molecule has 6 amide bonds. The Hall–Kier alpha value is -4.89. The third-order valence-electron chi connectivity index (χ3n) is 13.1. The number of piperidine rings is 1. The van der Waals surface area contributed by atoms with Crippen molar-refractivity contribution in [3.05, 3.63) is 64.5 Å². The van der Waals surface area contributed by atoms with E-state index in [-0.39, 0.29) is 78.6 Å². The highest BCUT2D eigenvalue weighted by atomic mass is 19.1. The average molecular weight is 729 g/mol. The van der Waals surface area contributed by atoms with E-state index in [1.165, 1.54) is 18.2 Å². The van der Waals surface area contributed by atoms with Gasteiger partial charge in [0.25, 0.3) is 11.8 Å². The molecule has 1 spiro atoms. The number of anilines is 1. The average Bonchev–Trinajstić information content (AvgIpc) is 3.81. The number of rotatable bonds is 12. The number of halogens is 1. The molecule has 15 heteroatoms. The summed E-state index contributed by atoms with van der Waals surface area (Å²) in [7, 11) is 0. The van der Waals surface area contributed by atoms with Crippen molar-refractivity contribution in [2.75, 3.05) is 38.2 Å². The summed E-state index contributed by atoms with van der Waals surface area (Å²) in [5.74, 6) is -1.44. The Balaban J connectivity index is 0.721. The molecule has 2 bridgehead atoms. The number of nitrogens with zero attached hydrogens (tertiary/aromatic N) is 2. The van der Waals surface area contributed by atoms with Gasteiger partial charge in [0.15, 0.2) is 0 Å². The van der Waals surface area contributed by atoms with Gasteiger partial charge >= 0.3 is 6.09 Å².